The number of benzene rings is 3. The number of carbonyl (C=O) groups excluding carboxylic acids is 1. The monoisotopic (exact) mass is 406 g/mol. The predicted octanol–water partition coefficient (Wildman–Crippen LogP) is 3.04. The van der Waals surface area contributed by atoms with Crippen molar-refractivity contribution >= 4 is 5.91 Å². The Morgan fingerprint density at radius 3 is 1.70 bits per heavy atom. The van der Waals surface area contributed by atoms with Crippen molar-refractivity contribution in [1.29, 1.82) is 0 Å². The zero-order valence-electron chi connectivity index (χ0n) is 17.1. The number of ether oxygens (including phenoxy) is 3. The minimum absolute atomic E-state index is 0.0109. The van der Waals surface area contributed by atoms with E-state index < -0.39 is 5.60 Å². The second kappa shape index (κ2) is 9.91. The van der Waals surface area contributed by atoms with Gasteiger partial charge in [0.2, 0.25) is 5.91 Å². The van der Waals surface area contributed by atoms with E-state index in [2.05, 4.69) is 5.32 Å². The summed E-state index contributed by atoms with van der Waals surface area (Å²) >= 11 is 0. The number of amides is 1. The van der Waals surface area contributed by atoms with E-state index in [0.717, 1.165) is 28.2 Å². The Bertz CT molecular complexity index is 894. The van der Waals surface area contributed by atoms with Gasteiger partial charge in [0.1, 0.15) is 23.8 Å². The molecule has 0 aliphatic heterocycles. The Kier molecular flexibility index (Phi) is 7.06. The molecule has 1 amide bonds. The average Bonchev–Trinajstić information content (AvgIpc) is 2.82. The van der Waals surface area contributed by atoms with Gasteiger partial charge in [0.05, 0.1) is 20.8 Å². The SMILES string of the molecule is COc1ccc(C(OCNC(=O)CN)(c2ccccc2)c2ccc(OC)cc2)cc1. The van der Waals surface area contributed by atoms with E-state index in [9.17, 15) is 4.79 Å². The van der Waals surface area contributed by atoms with Gasteiger partial charge in [-0.25, -0.2) is 0 Å². The molecule has 0 aromatic heterocycles. The fourth-order valence-corrected chi connectivity index (χ4v) is 3.37. The van der Waals surface area contributed by atoms with Crippen LogP contribution >= 0.6 is 0 Å². The van der Waals surface area contributed by atoms with Crippen molar-refractivity contribution in [3.05, 3.63) is 95.6 Å². The maximum absolute atomic E-state index is 11.7. The van der Waals surface area contributed by atoms with Crippen molar-refractivity contribution in [2.24, 2.45) is 5.73 Å². The fraction of sp³-hybridized carbons (Fsp3) is 0.208. The van der Waals surface area contributed by atoms with Gasteiger partial charge in [-0.3, -0.25) is 4.79 Å². The topological polar surface area (TPSA) is 82.8 Å². The molecule has 0 fully saturated rings. The Morgan fingerprint density at radius 2 is 1.27 bits per heavy atom. The van der Waals surface area contributed by atoms with E-state index in [1.54, 1.807) is 14.2 Å². The Hall–Kier alpha value is -3.35. The van der Waals surface area contributed by atoms with Gasteiger partial charge in [0.25, 0.3) is 0 Å². The Labute approximate surface area is 176 Å². The van der Waals surface area contributed by atoms with Crippen LogP contribution in [0.4, 0.5) is 0 Å². The van der Waals surface area contributed by atoms with E-state index in [1.165, 1.54) is 0 Å². The summed E-state index contributed by atoms with van der Waals surface area (Å²) in [5.41, 5.74) is 7.15. The molecule has 156 valence electrons. The van der Waals surface area contributed by atoms with Gasteiger partial charge in [-0.2, -0.15) is 0 Å². The van der Waals surface area contributed by atoms with Crippen LogP contribution < -0.4 is 20.5 Å². The molecule has 0 saturated carbocycles. The minimum atomic E-state index is -0.971. The van der Waals surface area contributed by atoms with Crippen LogP contribution in [-0.4, -0.2) is 33.4 Å². The summed E-state index contributed by atoms with van der Waals surface area (Å²) in [6, 6.07) is 25.2. The van der Waals surface area contributed by atoms with Crippen molar-refractivity contribution in [1.82, 2.24) is 5.32 Å². The molecule has 0 radical (unpaired) electrons. The zero-order valence-corrected chi connectivity index (χ0v) is 17.1. The first-order valence-electron chi connectivity index (χ1n) is 9.59. The molecule has 30 heavy (non-hydrogen) atoms. The van der Waals surface area contributed by atoms with Gasteiger partial charge in [-0.05, 0) is 41.0 Å². The molecule has 6 heteroatoms. The van der Waals surface area contributed by atoms with Crippen LogP contribution in [0, 0.1) is 0 Å². The molecule has 0 unspecified atom stereocenters. The summed E-state index contributed by atoms with van der Waals surface area (Å²) < 4.78 is 17.1. The van der Waals surface area contributed by atoms with Crippen molar-refractivity contribution in [3.63, 3.8) is 0 Å². The lowest BCUT2D eigenvalue weighted by molar-refractivity contribution is -0.122. The fourth-order valence-electron chi connectivity index (χ4n) is 3.37. The summed E-state index contributed by atoms with van der Waals surface area (Å²) in [6.07, 6.45) is 0. The van der Waals surface area contributed by atoms with Crippen LogP contribution in [0.5, 0.6) is 11.5 Å². The van der Waals surface area contributed by atoms with Gasteiger partial charge in [0.15, 0.2) is 0 Å². The lowest BCUT2D eigenvalue weighted by Crippen LogP contribution is -2.39. The molecule has 3 N–H and O–H groups in total. The van der Waals surface area contributed by atoms with Crippen LogP contribution in [0.25, 0.3) is 0 Å². The molecule has 3 aromatic rings. The van der Waals surface area contributed by atoms with E-state index in [0.29, 0.717) is 0 Å². The Balaban J connectivity index is 2.16. The normalized spacial score (nSPS) is 11.0. The number of nitrogens with one attached hydrogen (secondary N) is 1. The van der Waals surface area contributed by atoms with E-state index in [4.69, 9.17) is 19.9 Å². The van der Waals surface area contributed by atoms with Crippen LogP contribution in [0.1, 0.15) is 16.7 Å². The van der Waals surface area contributed by atoms with E-state index in [-0.39, 0.29) is 19.2 Å². The second-order valence-electron chi connectivity index (χ2n) is 6.60. The third-order valence-electron chi connectivity index (χ3n) is 4.92. The minimum Gasteiger partial charge on any atom is -0.497 e. The number of hydrogen-bond donors (Lipinski definition) is 2. The summed E-state index contributed by atoms with van der Waals surface area (Å²) in [6.45, 7) is -0.115. The molecule has 0 atom stereocenters. The summed E-state index contributed by atoms with van der Waals surface area (Å²) in [5.74, 6) is 1.19. The largest absolute Gasteiger partial charge is 0.497 e. The molecule has 3 aromatic carbocycles. The maximum atomic E-state index is 11.7. The van der Waals surface area contributed by atoms with Gasteiger partial charge < -0.3 is 25.3 Å². The summed E-state index contributed by atoms with van der Waals surface area (Å²) in [7, 11) is 3.25. The van der Waals surface area contributed by atoms with Crippen molar-refractivity contribution in [2.45, 2.75) is 5.60 Å². The smallest absolute Gasteiger partial charge is 0.235 e. The van der Waals surface area contributed by atoms with Crippen molar-refractivity contribution < 1.29 is 19.0 Å². The third kappa shape index (κ3) is 4.45. The number of methoxy groups -OCH3 is 2. The van der Waals surface area contributed by atoms with E-state index >= 15 is 0 Å². The standard InChI is InChI=1S/C24H26N2O4/c1-28-21-12-8-19(9-13-21)24(18-6-4-3-5-7-18,30-17-26-23(27)16-25)20-10-14-22(29-2)15-11-20/h3-15H,16-17,25H2,1-2H3,(H,26,27). The zero-order chi connectivity index (χ0) is 21.4. The number of rotatable bonds is 9. The average molecular weight is 406 g/mol. The second-order valence-corrected chi connectivity index (χ2v) is 6.60. The highest BCUT2D eigenvalue weighted by molar-refractivity contribution is 5.77. The lowest BCUT2D eigenvalue weighted by Gasteiger charge is -2.36. The van der Waals surface area contributed by atoms with Gasteiger partial charge in [0, 0.05) is 0 Å². The first-order chi connectivity index (χ1) is 14.6. The van der Waals surface area contributed by atoms with Gasteiger partial charge in [-0.1, -0.05) is 54.6 Å². The van der Waals surface area contributed by atoms with Crippen LogP contribution in [0.3, 0.4) is 0 Å². The van der Waals surface area contributed by atoms with Crippen LogP contribution in [0.2, 0.25) is 0 Å². The highest BCUT2D eigenvalue weighted by Crippen LogP contribution is 2.41. The molecule has 3 rings (SSSR count). The highest BCUT2D eigenvalue weighted by Gasteiger charge is 2.38. The van der Waals surface area contributed by atoms with Gasteiger partial charge >= 0.3 is 0 Å². The molecule has 0 saturated heterocycles. The molecule has 0 heterocycles. The van der Waals surface area contributed by atoms with Crippen molar-refractivity contribution in [3.8, 4) is 11.5 Å². The van der Waals surface area contributed by atoms with E-state index in [1.807, 2.05) is 78.9 Å². The Morgan fingerprint density at radius 1 is 0.800 bits per heavy atom. The first-order valence-corrected chi connectivity index (χ1v) is 9.59. The molecule has 0 bridgehead atoms. The van der Waals surface area contributed by atoms with Crippen molar-refractivity contribution in [2.75, 3.05) is 27.5 Å². The van der Waals surface area contributed by atoms with Crippen LogP contribution in [0.15, 0.2) is 78.9 Å². The predicted molar refractivity (Wildman–Crippen MR) is 115 cm³/mol. The molecular formula is C24H26N2O4. The molecular weight excluding hydrogens is 380 g/mol. The summed E-state index contributed by atoms with van der Waals surface area (Å²) in [5, 5.41) is 2.71. The molecule has 6 nitrogen and oxygen atoms in total. The molecule has 0 aliphatic rings. The number of carbonyl (C=O) groups is 1. The maximum Gasteiger partial charge on any atom is 0.235 e. The molecule has 0 aliphatic carbocycles. The third-order valence-corrected chi connectivity index (χ3v) is 4.92. The quantitative estimate of drug-likeness (QED) is 0.422. The number of hydrogen-bond acceptors (Lipinski definition) is 5. The number of nitrogens with two attached hydrogens (primary N) is 1. The first kappa shape index (κ1) is 21.4. The molecule has 0 spiro atoms. The summed E-state index contributed by atoms with van der Waals surface area (Å²) in [4.78, 5) is 11.7. The van der Waals surface area contributed by atoms with Crippen LogP contribution in [-0.2, 0) is 15.1 Å². The highest BCUT2D eigenvalue weighted by atomic mass is 16.5. The lowest BCUT2D eigenvalue weighted by atomic mass is 9.80. The van der Waals surface area contributed by atoms with Gasteiger partial charge in [-0.15, -0.1) is 0 Å².